The molecule has 21 nitrogen and oxygen atoms in total. The quantitative estimate of drug-likeness (QED) is 0.0295. The van der Waals surface area contributed by atoms with Gasteiger partial charge in [0.15, 0.2) is 11.7 Å². The highest BCUT2D eigenvalue weighted by molar-refractivity contribution is 5.90. The summed E-state index contributed by atoms with van der Waals surface area (Å²) in [6, 6.07) is 0. The van der Waals surface area contributed by atoms with E-state index in [0.29, 0.717) is 6.54 Å². The molecule has 2 bridgehead atoms. The van der Waals surface area contributed by atoms with Gasteiger partial charge >= 0.3 is 17.9 Å². The topological polar surface area (TPSA) is 375 Å². The number of hydrogen-bond donors (Lipinski definition) is 14. The molecule has 1 saturated heterocycles. The Balaban J connectivity index is 2.44. The van der Waals surface area contributed by atoms with Gasteiger partial charge in [-0.05, 0) is 76.5 Å². The summed E-state index contributed by atoms with van der Waals surface area (Å²) in [4.78, 5) is 39.5. The second-order valence-corrected chi connectivity index (χ2v) is 23.6. The van der Waals surface area contributed by atoms with Gasteiger partial charge in [0.25, 0.3) is 0 Å². The summed E-state index contributed by atoms with van der Waals surface area (Å²) < 4.78 is 17.5. The largest absolute Gasteiger partial charge is 0.481 e. The van der Waals surface area contributed by atoms with Crippen LogP contribution in [0.3, 0.4) is 0 Å². The van der Waals surface area contributed by atoms with Crippen molar-refractivity contribution in [2.45, 2.75) is 237 Å². The molecule has 0 saturated carbocycles. The number of carboxylic acid groups (broad SMARTS) is 1. The SMILES string of the molecule is CC(CCC/C=C/CCCN(C)C(=N)N)CC(C)C1OC(=O)C(C)C(O)/C=C/C(C)C(O)C(C)C(O)C(C)C(O)CCCC(O)CC2(O)OC(CC(OC(=O)CC(=O)O)CC(O)CC(O)C(C)C(O)/C=C/C=C/C1C)CC(O)C2O. The number of esters is 2. The molecule has 2 aliphatic rings. The number of aliphatic hydroxyl groups excluding tert-OH is 10. The molecule has 0 aromatic heterocycles. The number of guanidine groups is 1. The number of carbonyl (C=O) groups is 3. The van der Waals surface area contributed by atoms with Gasteiger partial charge in [-0.15, -0.1) is 0 Å². The van der Waals surface area contributed by atoms with Crippen LogP contribution >= 0.6 is 0 Å². The van der Waals surface area contributed by atoms with Crippen LogP contribution in [-0.4, -0.2) is 189 Å². The number of unbranched alkanes of at least 4 members (excludes halogenated alkanes) is 2. The molecular formula is C59H103N3O18. The van der Waals surface area contributed by atoms with Gasteiger partial charge in [0, 0.05) is 68.9 Å². The van der Waals surface area contributed by atoms with E-state index in [2.05, 4.69) is 19.1 Å². The lowest BCUT2D eigenvalue weighted by molar-refractivity contribution is -0.332. The predicted molar refractivity (Wildman–Crippen MR) is 301 cm³/mol. The Morgan fingerprint density at radius 1 is 0.775 bits per heavy atom. The lowest BCUT2D eigenvalue weighted by atomic mass is 9.81. The molecule has 2 aliphatic heterocycles. The number of carbonyl (C=O) groups excluding carboxylic acids is 2. The van der Waals surface area contributed by atoms with Crippen LogP contribution < -0.4 is 5.73 Å². The Kier molecular flexibility index (Phi) is 32.5. The molecule has 21 heteroatoms. The van der Waals surface area contributed by atoms with Crippen molar-refractivity contribution < 1.29 is 89.9 Å². The zero-order valence-electron chi connectivity index (χ0n) is 48.9. The molecule has 22 atom stereocenters. The summed E-state index contributed by atoms with van der Waals surface area (Å²) in [5, 5.41) is 140. The zero-order chi connectivity index (χ0) is 60.6. The maximum absolute atomic E-state index is 13.9. The average molecular weight is 1140 g/mol. The van der Waals surface area contributed by atoms with E-state index < -0.39 is 145 Å². The molecule has 0 radical (unpaired) electrons. The highest BCUT2D eigenvalue weighted by Gasteiger charge is 2.50. The number of carboxylic acids is 1. The maximum Gasteiger partial charge on any atom is 0.317 e. The van der Waals surface area contributed by atoms with E-state index in [1.54, 1.807) is 64.8 Å². The number of nitrogens with two attached hydrogens (primary N) is 1. The van der Waals surface area contributed by atoms with Gasteiger partial charge in [-0.25, -0.2) is 0 Å². The van der Waals surface area contributed by atoms with Gasteiger partial charge in [0.2, 0.25) is 0 Å². The minimum Gasteiger partial charge on any atom is -0.481 e. The van der Waals surface area contributed by atoms with Crippen molar-refractivity contribution in [3.63, 3.8) is 0 Å². The second-order valence-electron chi connectivity index (χ2n) is 23.6. The normalized spacial score (nSPS) is 38.6. The highest BCUT2D eigenvalue weighted by atomic mass is 16.7. The molecule has 1 fully saturated rings. The van der Waals surface area contributed by atoms with Crippen LogP contribution in [0.5, 0.6) is 0 Å². The van der Waals surface area contributed by atoms with Crippen LogP contribution in [0.1, 0.15) is 152 Å². The Bertz CT molecular complexity index is 1960. The predicted octanol–water partition coefficient (Wildman–Crippen LogP) is 3.59. The van der Waals surface area contributed by atoms with Crippen molar-refractivity contribution in [2.24, 2.45) is 53.1 Å². The fraction of sp³-hybridized carbons (Fsp3) is 0.797. The number of rotatable bonds is 14. The minimum atomic E-state index is -2.53. The Hall–Kier alpha value is -3.84. The Morgan fingerprint density at radius 3 is 2.05 bits per heavy atom. The van der Waals surface area contributed by atoms with E-state index in [1.165, 1.54) is 12.2 Å². The Labute approximate surface area is 474 Å². The number of aliphatic carboxylic acids is 1. The van der Waals surface area contributed by atoms with Crippen molar-refractivity contribution >= 4 is 23.9 Å². The first kappa shape index (κ1) is 72.3. The van der Waals surface area contributed by atoms with Crippen molar-refractivity contribution in [2.75, 3.05) is 13.6 Å². The smallest absolute Gasteiger partial charge is 0.317 e. The molecule has 0 aromatic rings. The van der Waals surface area contributed by atoms with Crippen LogP contribution in [0.15, 0.2) is 48.6 Å². The number of nitrogens with one attached hydrogen (secondary N) is 1. The summed E-state index contributed by atoms with van der Waals surface area (Å²) in [6.45, 7) is 14.8. The highest BCUT2D eigenvalue weighted by Crippen LogP contribution is 2.36. The minimum absolute atomic E-state index is 0.0290. The van der Waals surface area contributed by atoms with Crippen molar-refractivity contribution in [3.8, 4) is 0 Å². The average Bonchev–Trinajstić information content (AvgIpc) is 3.37. The number of allylic oxidation sites excluding steroid dienone is 4. The van der Waals surface area contributed by atoms with Gasteiger partial charge < -0.3 is 86.1 Å². The van der Waals surface area contributed by atoms with Gasteiger partial charge in [0.1, 0.15) is 24.7 Å². The van der Waals surface area contributed by atoms with Crippen molar-refractivity contribution in [1.82, 2.24) is 4.90 Å². The maximum atomic E-state index is 13.9. The van der Waals surface area contributed by atoms with Crippen LogP contribution in [-0.2, 0) is 28.6 Å². The third-order valence-electron chi connectivity index (χ3n) is 16.3. The third-order valence-corrected chi connectivity index (χ3v) is 16.3. The molecule has 0 aromatic carbocycles. The van der Waals surface area contributed by atoms with E-state index in [1.807, 2.05) is 19.9 Å². The van der Waals surface area contributed by atoms with Crippen LogP contribution in [0, 0.1) is 52.8 Å². The summed E-state index contributed by atoms with van der Waals surface area (Å²) in [6.07, 6.45) is -0.251. The molecule has 80 heavy (non-hydrogen) atoms. The number of hydrogen-bond acceptors (Lipinski definition) is 18. The summed E-state index contributed by atoms with van der Waals surface area (Å²) in [5.41, 5.74) is 5.52. The monoisotopic (exact) mass is 1140 g/mol. The fourth-order valence-electron chi connectivity index (χ4n) is 10.7. The number of ether oxygens (including phenoxy) is 3. The molecule has 0 amide bonds. The van der Waals surface area contributed by atoms with Crippen LogP contribution in [0.25, 0.3) is 0 Å². The van der Waals surface area contributed by atoms with Gasteiger partial charge in [-0.1, -0.05) is 103 Å². The lowest BCUT2D eigenvalue weighted by Crippen LogP contribution is -2.59. The first-order valence-corrected chi connectivity index (χ1v) is 28.9. The molecule has 2 heterocycles. The van der Waals surface area contributed by atoms with E-state index in [4.69, 9.17) is 25.4 Å². The Morgan fingerprint density at radius 2 is 1.41 bits per heavy atom. The van der Waals surface area contributed by atoms with Gasteiger partial charge in [-0.2, -0.15) is 0 Å². The number of fused-ring (bicyclic) bond motifs is 2. The molecule has 0 spiro atoms. The van der Waals surface area contributed by atoms with Crippen molar-refractivity contribution in [1.29, 1.82) is 5.41 Å². The molecular weight excluding hydrogens is 1040 g/mol. The number of aliphatic hydroxyl groups is 11. The number of cyclic esters (lactones) is 1. The molecule has 2 rings (SSSR count). The lowest BCUT2D eigenvalue weighted by Gasteiger charge is -2.45. The third kappa shape index (κ3) is 25.3. The zero-order valence-corrected chi connectivity index (χ0v) is 48.9. The van der Waals surface area contributed by atoms with Crippen LogP contribution in [0.2, 0.25) is 0 Å². The van der Waals surface area contributed by atoms with E-state index >= 15 is 0 Å². The second kappa shape index (κ2) is 36.0. The first-order chi connectivity index (χ1) is 37.4. The van der Waals surface area contributed by atoms with E-state index in [-0.39, 0.29) is 68.7 Å². The van der Waals surface area contributed by atoms with Crippen molar-refractivity contribution in [3.05, 3.63) is 48.6 Å². The summed E-state index contributed by atoms with van der Waals surface area (Å²) in [7, 11) is 1.79. The van der Waals surface area contributed by atoms with Crippen LogP contribution in [0.4, 0.5) is 0 Å². The van der Waals surface area contributed by atoms with E-state index in [0.717, 1.165) is 38.5 Å². The molecule has 462 valence electrons. The fourth-order valence-corrected chi connectivity index (χ4v) is 10.7. The molecule has 15 N–H and O–H groups in total. The molecule has 22 unspecified atom stereocenters. The summed E-state index contributed by atoms with van der Waals surface area (Å²) in [5.74, 6) is -10.00. The first-order valence-electron chi connectivity index (χ1n) is 28.9. The van der Waals surface area contributed by atoms with E-state index in [9.17, 15) is 75.7 Å². The summed E-state index contributed by atoms with van der Waals surface area (Å²) >= 11 is 0. The van der Waals surface area contributed by atoms with Gasteiger partial charge in [-0.3, -0.25) is 19.8 Å². The van der Waals surface area contributed by atoms with Gasteiger partial charge in [0.05, 0.1) is 67.0 Å². The molecule has 0 aliphatic carbocycles. The number of nitrogens with zero attached hydrogens (tertiary/aromatic N) is 1. The standard InChI is InChI=1S/C59H103N3O18/c1-34(19-14-12-10-11-13-17-26-62(9)58(60)61)27-37(4)55-36(3)20-15-16-22-46(65)38(5)49(68)29-43(64)28-44(78-52(72)32-51(70)71)30-45-31-50(69)56(75)59(77,80-45)33-42(63)21-18-23-47(66)39(6)54(74)41(8)53(73)35(2)24-25-48(67)40(7)57(76)79-55/h10-11,15-16,20,22,24-25,34-50,53-56,63-69,73-75,77H,12-14,17-19,21,23,26-33H2,1-9H3,(H3,60,61)(H,70,71)/b11-10+,20-15+,22-16+,25-24+.